The highest BCUT2D eigenvalue weighted by atomic mass is 35.5. The Labute approximate surface area is 107 Å². The number of rotatable bonds is 2. The van der Waals surface area contributed by atoms with E-state index >= 15 is 0 Å². The van der Waals surface area contributed by atoms with Crippen LogP contribution < -0.4 is 5.56 Å². The summed E-state index contributed by atoms with van der Waals surface area (Å²) in [5.41, 5.74) is 0.322. The van der Waals surface area contributed by atoms with Gasteiger partial charge in [0, 0.05) is 10.4 Å². The first kappa shape index (κ1) is 12.5. The van der Waals surface area contributed by atoms with Crippen molar-refractivity contribution in [3.8, 4) is 0 Å². The van der Waals surface area contributed by atoms with Crippen molar-refractivity contribution in [2.24, 2.45) is 0 Å². The van der Waals surface area contributed by atoms with Gasteiger partial charge in [-0.05, 0) is 22.8 Å². The van der Waals surface area contributed by atoms with E-state index < -0.39 is 13.6 Å². The van der Waals surface area contributed by atoms with E-state index in [-0.39, 0.29) is 11.7 Å². The van der Waals surface area contributed by atoms with E-state index in [1.807, 2.05) is 0 Å². The maximum atomic E-state index is 11.6. The lowest BCUT2D eigenvalue weighted by atomic mass is 10.2. The van der Waals surface area contributed by atoms with Gasteiger partial charge in [-0.1, -0.05) is 23.2 Å². The second-order valence-corrected chi connectivity index (χ2v) is 5.35. The topological polar surface area (TPSA) is 70.2 Å². The average Bonchev–Trinajstić information content (AvgIpc) is 2.19. The minimum atomic E-state index is -2.40. The van der Waals surface area contributed by atoms with Crippen molar-refractivity contribution in [1.29, 1.82) is 0 Å². The molecule has 0 fully saturated rings. The number of halogens is 2. The summed E-state index contributed by atoms with van der Waals surface area (Å²) in [7, 11) is -2.40. The smallest absolute Gasteiger partial charge is 0.321 e. The molecule has 1 aromatic heterocycles. The van der Waals surface area contributed by atoms with Crippen molar-refractivity contribution in [3.05, 3.63) is 44.2 Å². The Kier molecular flexibility index (Phi) is 3.50. The molecule has 1 unspecified atom stereocenters. The Morgan fingerprint density at radius 3 is 2.65 bits per heavy atom. The van der Waals surface area contributed by atoms with Crippen LogP contribution in [0, 0.1) is 0 Å². The molecule has 0 aliphatic carbocycles. The first-order chi connectivity index (χ1) is 7.97. The normalized spacial score (nSPS) is 11.8. The molecule has 0 spiro atoms. The molecule has 4 nitrogen and oxygen atoms in total. The van der Waals surface area contributed by atoms with Gasteiger partial charge in [-0.3, -0.25) is 4.79 Å². The lowest BCUT2D eigenvalue weighted by molar-refractivity contribution is 0.502. The highest BCUT2D eigenvalue weighted by Gasteiger charge is 2.16. The fraction of sp³-hybridized carbons (Fsp3) is 0.100. The molecule has 1 heterocycles. The number of fused-ring (bicyclic) bond motifs is 1. The number of pyridine rings is 1. The minimum Gasteiger partial charge on any atom is -0.321 e. The van der Waals surface area contributed by atoms with E-state index in [4.69, 9.17) is 28.1 Å². The van der Waals surface area contributed by atoms with E-state index in [0.717, 1.165) is 0 Å². The summed E-state index contributed by atoms with van der Waals surface area (Å²) in [6.07, 6.45) is -0.195. The fourth-order valence-electron chi connectivity index (χ4n) is 1.54. The van der Waals surface area contributed by atoms with Crippen LogP contribution in [-0.4, -0.2) is 9.88 Å². The minimum absolute atomic E-state index is 0.195. The third-order valence-electron chi connectivity index (χ3n) is 2.26. The van der Waals surface area contributed by atoms with Crippen LogP contribution >= 0.6 is 31.2 Å². The third kappa shape index (κ3) is 2.67. The zero-order chi connectivity index (χ0) is 12.6. The van der Waals surface area contributed by atoms with Crippen LogP contribution in [0.4, 0.5) is 0 Å². The molecule has 0 bridgehead atoms. The monoisotopic (exact) mass is 290 g/mol. The Balaban J connectivity index is 2.71. The summed E-state index contributed by atoms with van der Waals surface area (Å²) in [4.78, 5) is 23.0. The van der Waals surface area contributed by atoms with Crippen molar-refractivity contribution in [2.75, 3.05) is 0 Å². The summed E-state index contributed by atoms with van der Waals surface area (Å²) in [6.45, 7) is 0. The van der Waals surface area contributed by atoms with Crippen molar-refractivity contribution < 1.29 is 9.46 Å². The summed E-state index contributed by atoms with van der Waals surface area (Å²) in [6, 6.07) is 4.63. The number of hydrogen-bond donors (Lipinski definition) is 2. The molecular formula is C10H7Cl2NO3P+. The molecule has 2 N–H and O–H groups in total. The maximum Gasteiger partial charge on any atom is 0.510 e. The molecule has 0 amide bonds. The number of aromatic amines is 1. The maximum absolute atomic E-state index is 11.6. The SMILES string of the molecule is O=c1[nH]c2cc(Cl)cc(Cl)c2cc1C[P+](=O)O. The van der Waals surface area contributed by atoms with Crippen LogP contribution in [0.25, 0.3) is 10.9 Å². The van der Waals surface area contributed by atoms with Gasteiger partial charge in [-0.2, -0.15) is 4.89 Å². The summed E-state index contributed by atoms with van der Waals surface area (Å²) in [5.74, 6) is 0. The van der Waals surface area contributed by atoms with E-state index in [0.29, 0.717) is 20.9 Å². The highest BCUT2D eigenvalue weighted by molar-refractivity contribution is 7.37. The van der Waals surface area contributed by atoms with E-state index in [1.165, 1.54) is 6.07 Å². The highest BCUT2D eigenvalue weighted by Crippen LogP contribution is 2.28. The predicted molar refractivity (Wildman–Crippen MR) is 68.1 cm³/mol. The van der Waals surface area contributed by atoms with Gasteiger partial charge in [-0.15, -0.1) is 0 Å². The third-order valence-corrected chi connectivity index (χ3v) is 3.40. The Morgan fingerprint density at radius 1 is 1.29 bits per heavy atom. The van der Waals surface area contributed by atoms with Gasteiger partial charge in [0.25, 0.3) is 5.56 Å². The zero-order valence-corrected chi connectivity index (χ0v) is 10.8. The lowest BCUT2D eigenvalue weighted by Gasteiger charge is -2.02. The molecule has 0 aliphatic rings. The molecule has 0 saturated heterocycles. The van der Waals surface area contributed by atoms with Crippen LogP contribution in [0.5, 0.6) is 0 Å². The van der Waals surface area contributed by atoms with Crippen LogP contribution in [0.2, 0.25) is 10.0 Å². The fourth-order valence-corrected chi connectivity index (χ4v) is 2.61. The van der Waals surface area contributed by atoms with Crippen molar-refractivity contribution in [3.63, 3.8) is 0 Å². The van der Waals surface area contributed by atoms with Crippen LogP contribution in [0.15, 0.2) is 23.0 Å². The van der Waals surface area contributed by atoms with Gasteiger partial charge in [0.2, 0.25) is 6.16 Å². The van der Waals surface area contributed by atoms with E-state index in [2.05, 4.69) is 4.98 Å². The molecule has 1 aromatic carbocycles. The molecule has 0 aliphatic heterocycles. The summed E-state index contributed by atoms with van der Waals surface area (Å²) >= 11 is 11.8. The van der Waals surface area contributed by atoms with Crippen LogP contribution in [0.1, 0.15) is 5.56 Å². The molecule has 0 radical (unpaired) electrons. The number of nitrogens with one attached hydrogen (secondary N) is 1. The first-order valence-corrected chi connectivity index (χ1v) is 6.77. The molecule has 1 atom stereocenters. The van der Waals surface area contributed by atoms with Crippen LogP contribution in [0.3, 0.4) is 0 Å². The van der Waals surface area contributed by atoms with Gasteiger partial charge in [0.05, 0.1) is 16.1 Å². The summed E-state index contributed by atoms with van der Waals surface area (Å²) < 4.78 is 10.7. The van der Waals surface area contributed by atoms with Crippen molar-refractivity contribution >= 4 is 42.1 Å². The van der Waals surface area contributed by atoms with Gasteiger partial charge >= 0.3 is 8.03 Å². The average molecular weight is 291 g/mol. The molecule has 7 heteroatoms. The van der Waals surface area contributed by atoms with E-state index in [1.54, 1.807) is 12.1 Å². The number of H-pyrrole nitrogens is 1. The second-order valence-electron chi connectivity index (χ2n) is 3.48. The Hall–Kier alpha value is -0.930. The number of benzene rings is 1. The summed E-state index contributed by atoms with van der Waals surface area (Å²) in [5, 5.41) is 1.40. The standard InChI is InChI=1S/C10H6Cl2NO3P/c11-6-2-8(12)7-1-5(4-17(15)16)10(14)13-9(7)3-6/h1-3H,4H2,(H-,13,14,15,16)/p+1. The van der Waals surface area contributed by atoms with Gasteiger partial charge in [0.1, 0.15) is 0 Å². The first-order valence-electron chi connectivity index (χ1n) is 4.62. The molecule has 2 aromatic rings. The molecular weight excluding hydrogens is 284 g/mol. The second kappa shape index (κ2) is 4.75. The van der Waals surface area contributed by atoms with E-state index in [9.17, 15) is 9.36 Å². The van der Waals surface area contributed by atoms with Gasteiger partial charge < -0.3 is 4.98 Å². The van der Waals surface area contributed by atoms with Gasteiger partial charge in [0.15, 0.2) is 0 Å². The predicted octanol–water partition coefficient (Wildman–Crippen LogP) is 3.07. The molecule has 0 saturated carbocycles. The van der Waals surface area contributed by atoms with Crippen molar-refractivity contribution in [2.45, 2.75) is 6.16 Å². The van der Waals surface area contributed by atoms with Gasteiger partial charge in [-0.25, -0.2) is 0 Å². The number of hydrogen-bond acceptors (Lipinski definition) is 2. The van der Waals surface area contributed by atoms with Crippen LogP contribution in [-0.2, 0) is 10.7 Å². The molecule has 88 valence electrons. The quantitative estimate of drug-likeness (QED) is 0.835. The lowest BCUT2D eigenvalue weighted by Crippen LogP contribution is -2.11. The molecule has 2 rings (SSSR count). The Morgan fingerprint density at radius 2 is 2.00 bits per heavy atom. The number of aromatic nitrogens is 1. The molecule has 17 heavy (non-hydrogen) atoms. The Bertz CT molecular complexity index is 668. The van der Waals surface area contributed by atoms with Crippen molar-refractivity contribution in [1.82, 2.24) is 4.98 Å². The zero-order valence-electron chi connectivity index (χ0n) is 8.41. The largest absolute Gasteiger partial charge is 0.510 e.